The van der Waals surface area contributed by atoms with E-state index in [2.05, 4.69) is 0 Å². The fourth-order valence-corrected chi connectivity index (χ4v) is 2.92. The van der Waals surface area contributed by atoms with Crippen LogP contribution in [-0.4, -0.2) is 25.2 Å². The molecular formula is C9H3Cl2F6LiO2S2. The summed E-state index contributed by atoms with van der Waals surface area (Å²) in [5.74, 6) is -6.18. The Labute approximate surface area is 149 Å². The predicted octanol–water partition coefficient (Wildman–Crippen LogP) is 1.79. The first kappa shape index (κ1) is 22.4. The van der Waals surface area contributed by atoms with Crippen molar-refractivity contribution in [2.45, 2.75) is 21.3 Å². The molecule has 0 heterocycles. The Kier molecular flexibility index (Phi) is 7.70. The van der Waals surface area contributed by atoms with E-state index in [0.717, 1.165) is 12.1 Å². The Morgan fingerprint density at radius 2 is 1.45 bits per heavy atom. The van der Waals surface area contributed by atoms with Crippen LogP contribution in [0.5, 0.6) is 0 Å². The number of benzene rings is 1. The summed E-state index contributed by atoms with van der Waals surface area (Å²) < 4.78 is 99.0. The molecule has 1 aromatic rings. The van der Waals surface area contributed by atoms with Gasteiger partial charge < -0.3 is 4.55 Å². The zero-order valence-corrected chi connectivity index (χ0v) is 13.5. The van der Waals surface area contributed by atoms with Crippen molar-refractivity contribution in [3.8, 4) is 0 Å². The zero-order valence-electron chi connectivity index (χ0n) is 10.4. The average molecular weight is 399 g/mol. The minimum atomic E-state index is -6.18. The molecule has 1 aromatic carbocycles. The van der Waals surface area contributed by atoms with E-state index in [1.54, 1.807) is 0 Å². The Hall–Kier alpha value is 0.437. The molecule has 0 radical (unpaired) electrons. The van der Waals surface area contributed by atoms with Gasteiger partial charge in [0, 0.05) is 11.1 Å². The molecule has 13 heteroatoms. The molecule has 0 fully saturated rings. The van der Waals surface area contributed by atoms with Gasteiger partial charge in [0.25, 0.3) is 0 Å². The van der Waals surface area contributed by atoms with Crippen molar-refractivity contribution in [2.24, 2.45) is 0 Å². The summed E-state index contributed by atoms with van der Waals surface area (Å²) >= 11 is 5.14. The normalized spacial score (nSPS) is 14.4. The van der Waals surface area contributed by atoms with Crippen molar-refractivity contribution in [2.75, 3.05) is 0 Å². The molecule has 2 nitrogen and oxygen atoms in total. The second-order valence-corrected chi connectivity index (χ2v) is 6.42. The van der Waals surface area contributed by atoms with E-state index in [1.165, 1.54) is 6.07 Å². The van der Waals surface area contributed by atoms with Gasteiger partial charge in [-0.25, -0.2) is 0 Å². The van der Waals surface area contributed by atoms with Crippen LogP contribution < -0.4 is 18.9 Å². The van der Waals surface area contributed by atoms with Crippen LogP contribution in [-0.2, 0) is 11.1 Å². The van der Waals surface area contributed by atoms with Gasteiger partial charge in [0.1, 0.15) is 0 Å². The van der Waals surface area contributed by atoms with Gasteiger partial charge >= 0.3 is 35.3 Å². The van der Waals surface area contributed by atoms with Crippen LogP contribution in [0.25, 0.3) is 0 Å². The van der Waals surface area contributed by atoms with E-state index >= 15 is 0 Å². The van der Waals surface area contributed by atoms with Gasteiger partial charge in [-0.3, -0.25) is 4.21 Å². The number of alkyl halides is 6. The summed E-state index contributed by atoms with van der Waals surface area (Å²) in [5.41, 5.74) is 0. The summed E-state index contributed by atoms with van der Waals surface area (Å²) in [7, 11) is 0. The molecule has 120 valence electrons. The van der Waals surface area contributed by atoms with Crippen molar-refractivity contribution in [1.29, 1.82) is 0 Å². The maximum Gasteiger partial charge on any atom is 1.00 e. The topological polar surface area (TPSA) is 40.1 Å². The largest absolute Gasteiger partial charge is 1.00 e. The summed E-state index contributed by atoms with van der Waals surface area (Å²) in [6, 6.07) is 3.26. The minimum Gasteiger partial charge on any atom is -0.768 e. The first-order valence-corrected chi connectivity index (χ1v) is 7.35. The van der Waals surface area contributed by atoms with Crippen LogP contribution in [0.3, 0.4) is 0 Å². The summed E-state index contributed by atoms with van der Waals surface area (Å²) in [5, 5.41) is -12.4. The Morgan fingerprint density at radius 3 is 1.82 bits per heavy atom. The third-order valence-corrected chi connectivity index (χ3v) is 4.78. The second-order valence-electron chi connectivity index (χ2n) is 3.50. The number of halogens is 8. The SMILES string of the molecule is O=S([O-])C(F)(F)C(F)(F)C(F)(F)Sc1c(Cl)cccc1Cl.[Li+]. The van der Waals surface area contributed by atoms with Gasteiger partial charge in [0.2, 0.25) is 0 Å². The number of hydrogen-bond acceptors (Lipinski definition) is 3. The monoisotopic (exact) mass is 398 g/mol. The maximum atomic E-state index is 13.4. The average Bonchev–Trinajstić information content (AvgIpc) is 2.33. The molecule has 0 bridgehead atoms. The standard InChI is InChI=1S/C9H4Cl2F6O2S2.Li/c10-4-2-1-3-5(11)6(4)20-8(14,15)7(12,13)9(16,17)21(18)19;/h1-3H,(H,18,19);/q;+1/p-1. The van der Waals surface area contributed by atoms with E-state index in [4.69, 9.17) is 23.2 Å². The maximum absolute atomic E-state index is 13.4. The van der Waals surface area contributed by atoms with E-state index in [1.807, 2.05) is 0 Å². The van der Waals surface area contributed by atoms with Crippen molar-refractivity contribution in [3.05, 3.63) is 28.2 Å². The van der Waals surface area contributed by atoms with E-state index in [-0.39, 0.29) is 18.9 Å². The van der Waals surface area contributed by atoms with E-state index in [9.17, 15) is 35.1 Å². The second kappa shape index (κ2) is 7.55. The number of thioether (sulfide) groups is 1. The van der Waals surface area contributed by atoms with Gasteiger partial charge in [0.15, 0.2) is 0 Å². The molecule has 22 heavy (non-hydrogen) atoms. The van der Waals surface area contributed by atoms with Crippen LogP contribution >= 0.6 is 35.0 Å². The molecule has 0 amide bonds. The third kappa shape index (κ3) is 4.09. The van der Waals surface area contributed by atoms with E-state index < -0.39 is 54.2 Å². The predicted molar refractivity (Wildman–Crippen MR) is 66.1 cm³/mol. The first-order valence-electron chi connectivity index (χ1n) is 4.70. The van der Waals surface area contributed by atoms with E-state index in [0.29, 0.717) is 0 Å². The minimum absolute atomic E-state index is 0. The molecule has 1 rings (SSSR count). The fourth-order valence-electron chi connectivity index (χ4n) is 1.05. The van der Waals surface area contributed by atoms with Crippen molar-refractivity contribution in [1.82, 2.24) is 0 Å². The quantitative estimate of drug-likeness (QED) is 0.328. The summed E-state index contributed by atoms with van der Waals surface area (Å²) in [6.07, 6.45) is 0. The van der Waals surface area contributed by atoms with Crippen LogP contribution in [0, 0.1) is 0 Å². The molecule has 0 aliphatic rings. The summed E-state index contributed by atoms with van der Waals surface area (Å²) in [4.78, 5) is -0.780. The first-order chi connectivity index (χ1) is 9.34. The molecule has 1 unspecified atom stereocenters. The molecule has 0 spiro atoms. The third-order valence-electron chi connectivity index (χ3n) is 2.09. The van der Waals surface area contributed by atoms with Gasteiger partial charge in [-0.1, -0.05) is 29.3 Å². The van der Waals surface area contributed by atoms with Crippen LogP contribution in [0.15, 0.2) is 23.1 Å². The zero-order chi connectivity index (χ0) is 16.6. The van der Waals surface area contributed by atoms with Crippen molar-refractivity contribution < 1.29 is 54.0 Å². The molecule has 0 aliphatic heterocycles. The van der Waals surface area contributed by atoms with Gasteiger partial charge in [-0.15, -0.1) is 0 Å². The van der Waals surface area contributed by atoms with Gasteiger partial charge in [-0.2, -0.15) is 26.3 Å². The number of rotatable bonds is 5. The van der Waals surface area contributed by atoms with Crippen molar-refractivity contribution >= 4 is 46.0 Å². The molecule has 0 aromatic heterocycles. The van der Waals surface area contributed by atoms with Gasteiger partial charge in [0.05, 0.1) is 14.9 Å². The number of hydrogen-bond donors (Lipinski definition) is 0. The van der Waals surface area contributed by atoms with Crippen LogP contribution in [0.2, 0.25) is 10.0 Å². The molecule has 0 saturated heterocycles. The fraction of sp³-hybridized carbons (Fsp3) is 0.333. The van der Waals surface area contributed by atoms with Crippen LogP contribution in [0.1, 0.15) is 0 Å². The van der Waals surface area contributed by atoms with Crippen molar-refractivity contribution in [3.63, 3.8) is 0 Å². The molecule has 0 aliphatic carbocycles. The smallest absolute Gasteiger partial charge is 0.768 e. The van der Waals surface area contributed by atoms with Crippen LogP contribution in [0.4, 0.5) is 26.3 Å². The molecule has 0 N–H and O–H groups in total. The van der Waals surface area contributed by atoms with Gasteiger partial charge in [-0.05, 0) is 23.9 Å². The Bertz CT molecular complexity index is 555. The molecular weight excluding hydrogens is 396 g/mol. The Balaban J connectivity index is 0.00000441. The summed E-state index contributed by atoms with van der Waals surface area (Å²) in [6.45, 7) is 0. The molecule has 0 saturated carbocycles. The Morgan fingerprint density at radius 1 is 1.05 bits per heavy atom. The molecule has 1 atom stereocenters.